The Morgan fingerprint density at radius 1 is 1.10 bits per heavy atom. The summed E-state index contributed by atoms with van der Waals surface area (Å²) >= 11 is 8.16. The van der Waals surface area contributed by atoms with E-state index in [1.165, 1.54) is 0 Å². The summed E-state index contributed by atoms with van der Waals surface area (Å²) in [6.45, 7) is 0.371. The second kappa shape index (κ2) is 10.3. The summed E-state index contributed by atoms with van der Waals surface area (Å²) in [6, 6.07) is 20.2. The maximum atomic E-state index is 12.1. The van der Waals surface area contributed by atoms with Gasteiger partial charge in [0.1, 0.15) is 6.61 Å². The third-order valence-corrected chi connectivity index (χ3v) is 4.84. The fraction of sp³-hybridized carbons (Fsp3) is 0.0909. The number of carbonyl (C=O) groups excluding carboxylic acids is 1. The molecule has 3 aromatic carbocycles. The van der Waals surface area contributed by atoms with E-state index < -0.39 is 0 Å². The number of nitrogens with zero attached hydrogens (tertiary/aromatic N) is 1. The van der Waals surface area contributed by atoms with Gasteiger partial charge < -0.3 is 9.47 Å². The van der Waals surface area contributed by atoms with E-state index in [1.807, 2.05) is 42.5 Å². The molecule has 0 atom stereocenters. The van der Waals surface area contributed by atoms with Crippen molar-refractivity contribution in [3.63, 3.8) is 0 Å². The number of carbonyl (C=O) groups is 1. The SMILES string of the molecule is COc1cc(/C=N\NC(=O)c2cccc(I)c2)ccc1OCc1cccc(Cl)c1. The average Bonchev–Trinajstić information content (AvgIpc) is 2.72. The molecule has 1 N–H and O–H groups in total. The first-order chi connectivity index (χ1) is 14.0. The Bertz CT molecular complexity index is 1040. The molecule has 148 valence electrons. The predicted molar refractivity (Wildman–Crippen MR) is 123 cm³/mol. The summed E-state index contributed by atoms with van der Waals surface area (Å²) in [5.74, 6) is 0.903. The van der Waals surface area contributed by atoms with Gasteiger partial charge in [-0.15, -0.1) is 0 Å². The van der Waals surface area contributed by atoms with Gasteiger partial charge >= 0.3 is 0 Å². The Labute approximate surface area is 187 Å². The van der Waals surface area contributed by atoms with Crippen LogP contribution >= 0.6 is 34.2 Å². The van der Waals surface area contributed by atoms with Crippen LogP contribution in [-0.2, 0) is 6.61 Å². The molecule has 0 unspecified atom stereocenters. The molecular formula is C22H18ClIN2O3. The Morgan fingerprint density at radius 2 is 1.93 bits per heavy atom. The molecule has 0 fully saturated rings. The Kier molecular flexibility index (Phi) is 7.48. The highest BCUT2D eigenvalue weighted by molar-refractivity contribution is 14.1. The predicted octanol–water partition coefficient (Wildman–Crippen LogP) is 5.30. The summed E-state index contributed by atoms with van der Waals surface area (Å²) < 4.78 is 12.2. The van der Waals surface area contributed by atoms with Gasteiger partial charge in [-0.1, -0.05) is 29.8 Å². The molecular weight excluding hydrogens is 503 g/mol. The van der Waals surface area contributed by atoms with Crippen molar-refractivity contribution in [2.45, 2.75) is 6.61 Å². The number of hydrogen-bond donors (Lipinski definition) is 1. The van der Waals surface area contributed by atoms with Crippen LogP contribution in [0.15, 0.2) is 71.8 Å². The van der Waals surface area contributed by atoms with Gasteiger partial charge in [0, 0.05) is 14.2 Å². The standard InChI is InChI=1S/C22H18ClIN2O3/c1-28-21-11-15(13-25-26-22(27)17-5-3-7-19(24)12-17)8-9-20(21)29-14-16-4-2-6-18(23)10-16/h2-13H,14H2,1H3,(H,26,27)/b25-13-. The second-order valence-corrected chi connectivity index (χ2v) is 7.72. The number of benzene rings is 3. The third kappa shape index (κ3) is 6.20. The minimum absolute atomic E-state index is 0.270. The normalized spacial score (nSPS) is 10.7. The number of ether oxygens (including phenoxy) is 2. The van der Waals surface area contributed by atoms with Gasteiger partial charge in [-0.25, -0.2) is 5.43 Å². The van der Waals surface area contributed by atoms with Crippen molar-refractivity contribution in [3.05, 3.63) is 92.0 Å². The molecule has 3 aromatic rings. The van der Waals surface area contributed by atoms with Crippen molar-refractivity contribution < 1.29 is 14.3 Å². The summed E-state index contributed by atoms with van der Waals surface area (Å²) in [5.41, 5.74) is 4.80. The van der Waals surface area contributed by atoms with E-state index >= 15 is 0 Å². The molecule has 7 heteroatoms. The summed E-state index contributed by atoms with van der Waals surface area (Å²) in [5, 5.41) is 4.68. The molecule has 0 aliphatic carbocycles. The van der Waals surface area contributed by atoms with Gasteiger partial charge in [0.2, 0.25) is 0 Å². The highest BCUT2D eigenvalue weighted by atomic mass is 127. The zero-order valence-corrected chi connectivity index (χ0v) is 18.5. The van der Waals surface area contributed by atoms with E-state index in [0.29, 0.717) is 28.7 Å². The van der Waals surface area contributed by atoms with E-state index in [-0.39, 0.29) is 5.91 Å². The zero-order valence-electron chi connectivity index (χ0n) is 15.6. The van der Waals surface area contributed by atoms with Crippen LogP contribution in [0.5, 0.6) is 11.5 Å². The van der Waals surface area contributed by atoms with Crippen LogP contribution in [-0.4, -0.2) is 19.2 Å². The van der Waals surface area contributed by atoms with Crippen LogP contribution in [0.4, 0.5) is 0 Å². The molecule has 0 spiro atoms. The van der Waals surface area contributed by atoms with E-state index in [9.17, 15) is 4.79 Å². The van der Waals surface area contributed by atoms with Crippen LogP contribution < -0.4 is 14.9 Å². The molecule has 0 radical (unpaired) electrons. The van der Waals surface area contributed by atoms with Gasteiger partial charge in [-0.3, -0.25) is 4.79 Å². The molecule has 3 rings (SSSR count). The van der Waals surface area contributed by atoms with Crippen molar-refractivity contribution in [2.75, 3.05) is 7.11 Å². The molecule has 0 saturated heterocycles. The lowest BCUT2D eigenvalue weighted by atomic mass is 10.2. The Hall–Kier alpha value is -2.58. The maximum absolute atomic E-state index is 12.1. The number of halogens is 2. The van der Waals surface area contributed by atoms with Crippen molar-refractivity contribution >= 4 is 46.3 Å². The van der Waals surface area contributed by atoms with Gasteiger partial charge in [-0.2, -0.15) is 5.10 Å². The van der Waals surface area contributed by atoms with Crippen molar-refractivity contribution in [3.8, 4) is 11.5 Å². The summed E-state index contributed by atoms with van der Waals surface area (Å²) in [4.78, 5) is 12.1. The quantitative estimate of drug-likeness (QED) is 0.261. The monoisotopic (exact) mass is 520 g/mol. The minimum Gasteiger partial charge on any atom is -0.493 e. The third-order valence-electron chi connectivity index (χ3n) is 3.94. The number of amides is 1. The largest absolute Gasteiger partial charge is 0.493 e. The molecule has 0 aliphatic rings. The zero-order chi connectivity index (χ0) is 20.6. The van der Waals surface area contributed by atoms with Crippen LogP contribution in [0.1, 0.15) is 21.5 Å². The second-order valence-electron chi connectivity index (χ2n) is 6.04. The molecule has 0 bridgehead atoms. The van der Waals surface area contributed by atoms with Crippen molar-refractivity contribution in [1.82, 2.24) is 5.43 Å². The van der Waals surface area contributed by atoms with Gasteiger partial charge in [-0.05, 0) is 82.2 Å². The highest BCUT2D eigenvalue weighted by Crippen LogP contribution is 2.28. The highest BCUT2D eigenvalue weighted by Gasteiger charge is 2.07. The average molecular weight is 521 g/mol. The van der Waals surface area contributed by atoms with E-state index in [4.69, 9.17) is 21.1 Å². The van der Waals surface area contributed by atoms with Crippen molar-refractivity contribution in [1.29, 1.82) is 0 Å². The fourth-order valence-electron chi connectivity index (χ4n) is 2.53. The van der Waals surface area contributed by atoms with Crippen LogP contribution in [0, 0.1) is 3.57 Å². The van der Waals surface area contributed by atoms with E-state index in [2.05, 4.69) is 33.1 Å². The topological polar surface area (TPSA) is 59.9 Å². The first kappa shape index (κ1) is 21.1. The molecule has 0 aromatic heterocycles. The number of rotatable bonds is 7. The molecule has 0 heterocycles. The molecule has 1 amide bonds. The van der Waals surface area contributed by atoms with E-state index in [1.54, 1.807) is 37.6 Å². The minimum atomic E-state index is -0.270. The number of nitrogens with one attached hydrogen (secondary N) is 1. The van der Waals surface area contributed by atoms with Crippen LogP contribution in [0.3, 0.4) is 0 Å². The molecule has 5 nitrogen and oxygen atoms in total. The van der Waals surface area contributed by atoms with Gasteiger partial charge in [0.25, 0.3) is 5.91 Å². The molecule has 0 saturated carbocycles. The Balaban J connectivity index is 1.63. The smallest absolute Gasteiger partial charge is 0.271 e. The first-order valence-corrected chi connectivity index (χ1v) is 10.1. The first-order valence-electron chi connectivity index (χ1n) is 8.69. The Morgan fingerprint density at radius 3 is 2.69 bits per heavy atom. The van der Waals surface area contributed by atoms with Crippen molar-refractivity contribution in [2.24, 2.45) is 5.10 Å². The number of methoxy groups -OCH3 is 1. The lowest BCUT2D eigenvalue weighted by Gasteiger charge is -2.11. The van der Waals surface area contributed by atoms with Crippen LogP contribution in [0.25, 0.3) is 0 Å². The summed E-state index contributed by atoms with van der Waals surface area (Å²) in [6.07, 6.45) is 1.55. The lowest BCUT2D eigenvalue weighted by Crippen LogP contribution is -2.17. The number of hydrazone groups is 1. The molecule has 29 heavy (non-hydrogen) atoms. The number of hydrogen-bond acceptors (Lipinski definition) is 4. The fourth-order valence-corrected chi connectivity index (χ4v) is 3.29. The summed E-state index contributed by atoms with van der Waals surface area (Å²) in [7, 11) is 1.57. The molecule has 0 aliphatic heterocycles. The van der Waals surface area contributed by atoms with Gasteiger partial charge in [0.15, 0.2) is 11.5 Å². The lowest BCUT2D eigenvalue weighted by molar-refractivity contribution is 0.0955. The van der Waals surface area contributed by atoms with E-state index in [0.717, 1.165) is 14.7 Å². The van der Waals surface area contributed by atoms with Gasteiger partial charge in [0.05, 0.1) is 13.3 Å². The maximum Gasteiger partial charge on any atom is 0.271 e. The van der Waals surface area contributed by atoms with Crippen LogP contribution in [0.2, 0.25) is 5.02 Å².